The lowest BCUT2D eigenvalue weighted by molar-refractivity contribution is -0.192. The van der Waals surface area contributed by atoms with Crippen LogP contribution in [0.1, 0.15) is 25.7 Å². The third-order valence-corrected chi connectivity index (χ3v) is 6.87. The van der Waals surface area contributed by atoms with E-state index in [1.807, 2.05) is 12.1 Å². The largest absolute Gasteiger partial charge is 0.493 e. The molecular weight excluding hydrogens is 515 g/mol. The van der Waals surface area contributed by atoms with Gasteiger partial charge in [0, 0.05) is 42.5 Å². The molecule has 39 heavy (non-hydrogen) atoms. The molecule has 2 aromatic carbocycles. The number of carboxylic acid groups (broad SMARTS) is 1. The highest BCUT2D eigenvalue weighted by Gasteiger charge is 2.38. The number of benzene rings is 2. The molecule has 2 saturated heterocycles. The first-order chi connectivity index (χ1) is 18.8. The number of halogens is 3. The van der Waals surface area contributed by atoms with Crippen molar-refractivity contribution < 1.29 is 37.3 Å². The van der Waals surface area contributed by atoms with Crippen LogP contribution in [0.25, 0.3) is 21.8 Å². The van der Waals surface area contributed by atoms with Crippen LogP contribution in [0.15, 0.2) is 36.4 Å². The molecule has 2 aliphatic heterocycles. The van der Waals surface area contributed by atoms with E-state index in [9.17, 15) is 13.2 Å². The SMILES string of the molecule is COc1cc2c(NCC3CCOC3)c3ccccc3nc2cc1OCCCN1CCCC1.O=C(O)C(F)(F)F. The van der Waals surface area contributed by atoms with Crippen LogP contribution in [0, 0.1) is 5.92 Å². The summed E-state index contributed by atoms with van der Waals surface area (Å²) < 4.78 is 49.2. The lowest BCUT2D eigenvalue weighted by atomic mass is 10.1. The van der Waals surface area contributed by atoms with Gasteiger partial charge in [-0.1, -0.05) is 18.2 Å². The number of aromatic nitrogens is 1. The molecule has 1 atom stereocenters. The summed E-state index contributed by atoms with van der Waals surface area (Å²) in [5.74, 6) is -0.702. The third-order valence-electron chi connectivity index (χ3n) is 6.87. The van der Waals surface area contributed by atoms with Gasteiger partial charge < -0.3 is 29.5 Å². The number of aliphatic carboxylic acids is 1. The molecule has 8 nitrogen and oxygen atoms in total. The topological polar surface area (TPSA) is 93.2 Å². The van der Waals surface area contributed by atoms with Crippen molar-refractivity contribution in [2.75, 3.05) is 58.4 Å². The number of ether oxygens (including phenoxy) is 3. The lowest BCUT2D eigenvalue weighted by Gasteiger charge is -2.18. The monoisotopic (exact) mass is 549 g/mol. The summed E-state index contributed by atoms with van der Waals surface area (Å²) in [6, 6.07) is 12.4. The van der Waals surface area contributed by atoms with Crippen LogP contribution < -0.4 is 14.8 Å². The Morgan fingerprint density at radius 1 is 1.15 bits per heavy atom. The van der Waals surface area contributed by atoms with E-state index >= 15 is 0 Å². The molecule has 2 aliphatic rings. The van der Waals surface area contributed by atoms with Crippen LogP contribution in [0.3, 0.4) is 0 Å². The maximum Gasteiger partial charge on any atom is 0.490 e. The summed E-state index contributed by atoms with van der Waals surface area (Å²) in [6.45, 7) is 6.79. The molecule has 3 heterocycles. The first-order valence-electron chi connectivity index (χ1n) is 13.1. The number of carboxylic acids is 1. The zero-order chi connectivity index (χ0) is 27.8. The van der Waals surface area contributed by atoms with E-state index in [1.165, 1.54) is 25.9 Å². The van der Waals surface area contributed by atoms with E-state index in [2.05, 4.69) is 34.5 Å². The molecule has 0 radical (unpaired) electrons. The number of fused-ring (bicyclic) bond motifs is 2. The minimum absolute atomic E-state index is 0.539. The second-order valence-electron chi connectivity index (χ2n) is 9.69. The highest BCUT2D eigenvalue weighted by molar-refractivity contribution is 6.08. The van der Waals surface area contributed by atoms with Crippen LogP contribution in [0.5, 0.6) is 11.5 Å². The van der Waals surface area contributed by atoms with Crippen molar-refractivity contribution in [3.63, 3.8) is 0 Å². The highest BCUT2D eigenvalue weighted by Crippen LogP contribution is 2.38. The van der Waals surface area contributed by atoms with Gasteiger partial charge in [-0.05, 0) is 50.9 Å². The van der Waals surface area contributed by atoms with Gasteiger partial charge in [-0.25, -0.2) is 9.78 Å². The zero-order valence-electron chi connectivity index (χ0n) is 21.9. The van der Waals surface area contributed by atoms with Crippen LogP contribution >= 0.6 is 0 Å². The van der Waals surface area contributed by atoms with Gasteiger partial charge in [0.1, 0.15) is 0 Å². The predicted molar refractivity (Wildman–Crippen MR) is 143 cm³/mol. The number of nitrogens with one attached hydrogen (secondary N) is 1. The molecule has 0 amide bonds. The van der Waals surface area contributed by atoms with Gasteiger partial charge in [0.25, 0.3) is 0 Å². The molecule has 0 bridgehead atoms. The average Bonchev–Trinajstić information content (AvgIpc) is 3.63. The van der Waals surface area contributed by atoms with E-state index in [0.29, 0.717) is 12.5 Å². The van der Waals surface area contributed by atoms with Crippen LogP contribution in [0.2, 0.25) is 0 Å². The fourth-order valence-corrected chi connectivity index (χ4v) is 4.83. The Morgan fingerprint density at radius 2 is 1.90 bits per heavy atom. The lowest BCUT2D eigenvalue weighted by Crippen LogP contribution is -2.21. The number of hydrogen-bond acceptors (Lipinski definition) is 7. The molecular formula is C28H34F3N3O5. The Balaban J connectivity index is 0.000000448. The van der Waals surface area contributed by atoms with E-state index in [0.717, 1.165) is 78.1 Å². The van der Waals surface area contributed by atoms with E-state index in [1.54, 1.807) is 7.11 Å². The van der Waals surface area contributed by atoms with Gasteiger partial charge >= 0.3 is 12.1 Å². The van der Waals surface area contributed by atoms with Gasteiger partial charge in [0.05, 0.1) is 37.0 Å². The number of hydrogen-bond donors (Lipinski definition) is 2. The normalized spacial score (nSPS) is 17.7. The number of likely N-dealkylation sites (tertiary alicyclic amines) is 1. The minimum Gasteiger partial charge on any atom is -0.493 e. The molecule has 0 saturated carbocycles. The molecule has 3 aromatic rings. The number of carbonyl (C=O) groups is 1. The summed E-state index contributed by atoms with van der Waals surface area (Å²) in [6.07, 6.45) is -0.318. The van der Waals surface area contributed by atoms with Crippen molar-refractivity contribution in [1.82, 2.24) is 9.88 Å². The van der Waals surface area contributed by atoms with Crippen molar-refractivity contribution in [3.05, 3.63) is 36.4 Å². The number of para-hydroxylation sites is 1. The second-order valence-corrected chi connectivity index (χ2v) is 9.69. The maximum absolute atomic E-state index is 10.6. The van der Waals surface area contributed by atoms with Crippen LogP contribution in [0.4, 0.5) is 18.9 Å². The van der Waals surface area contributed by atoms with Gasteiger partial charge in [-0.3, -0.25) is 0 Å². The zero-order valence-corrected chi connectivity index (χ0v) is 21.9. The molecule has 0 spiro atoms. The summed E-state index contributed by atoms with van der Waals surface area (Å²) in [5.41, 5.74) is 3.01. The number of alkyl halides is 3. The third kappa shape index (κ3) is 7.63. The number of methoxy groups -OCH3 is 1. The van der Waals surface area contributed by atoms with Crippen molar-refractivity contribution in [2.24, 2.45) is 5.92 Å². The number of nitrogens with zero attached hydrogens (tertiary/aromatic N) is 2. The Labute approximate surface area is 225 Å². The van der Waals surface area contributed by atoms with Crippen molar-refractivity contribution in [2.45, 2.75) is 31.9 Å². The van der Waals surface area contributed by atoms with Gasteiger partial charge in [-0.15, -0.1) is 0 Å². The fraction of sp³-hybridized carbons (Fsp3) is 0.500. The maximum atomic E-state index is 10.6. The summed E-state index contributed by atoms with van der Waals surface area (Å²) in [4.78, 5) is 16.3. The van der Waals surface area contributed by atoms with E-state index in [-0.39, 0.29) is 0 Å². The quantitative estimate of drug-likeness (QED) is 0.273. The van der Waals surface area contributed by atoms with Crippen LogP contribution in [-0.2, 0) is 9.53 Å². The second kappa shape index (κ2) is 13.2. The van der Waals surface area contributed by atoms with Gasteiger partial charge in [-0.2, -0.15) is 13.2 Å². The number of pyridine rings is 1. The summed E-state index contributed by atoms with van der Waals surface area (Å²) in [5, 5.41) is 13.0. The molecule has 0 aliphatic carbocycles. The Kier molecular flexibility index (Phi) is 9.68. The Morgan fingerprint density at radius 3 is 2.56 bits per heavy atom. The molecule has 11 heteroatoms. The Bertz CT molecular complexity index is 1260. The van der Waals surface area contributed by atoms with Crippen molar-refractivity contribution >= 4 is 33.5 Å². The number of rotatable bonds is 9. The molecule has 2 fully saturated rings. The first kappa shape index (κ1) is 28.7. The van der Waals surface area contributed by atoms with Gasteiger partial charge in [0.15, 0.2) is 11.5 Å². The Hall–Kier alpha value is -3.31. The molecule has 5 rings (SSSR count). The highest BCUT2D eigenvalue weighted by atomic mass is 19.4. The van der Waals surface area contributed by atoms with Gasteiger partial charge in [0.2, 0.25) is 0 Å². The molecule has 1 unspecified atom stereocenters. The fourth-order valence-electron chi connectivity index (χ4n) is 4.83. The van der Waals surface area contributed by atoms with Crippen molar-refractivity contribution in [1.29, 1.82) is 0 Å². The standard InChI is InChI=1S/C26H33N3O3.C2HF3O2/c1-30-24-15-21-23(16-25(24)32-13-6-12-29-10-4-5-11-29)28-22-8-3-2-7-20(22)26(21)27-17-19-9-14-31-18-19;3-2(4,5)1(6)7/h2-3,7-8,15-16,19H,4-6,9-14,17-18H2,1H3,(H,27,28);(H,6,7). The van der Waals surface area contributed by atoms with E-state index < -0.39 is 12.1 Å². The summed E-state index contributed by atoms with van der Waals surface area (Å²) >= 11 is 0. The number of anilines is 1. The molecule has 2 N–H and O–H groups in total. The molecule has 212 valence electrons. The predicted octanol–water partition coefficient (Wildman–Crippen LogP) is 5.34. The summed E-state index contributed by atoms with van der Waals surface area (Å²) in [7, 11) is 1.70. The average molecular weight is 550 g/mol. The molecule has 1 aromatic heterocycles. The van der Waals surface area contributed by atoms with E-state index in [4.69, 9.17) is 29.1 Å². The van der Waals surface area contributed by atoms with Crippen LogP contribution in [-0.4, -0.2) is 80.2 Å². The smallest absolute Gasteiger partial charge is 0.490 e. The first-order valence-corrected chi connectivity index (χ1v) is 13.1. The minimum atomic E-state index is -5.08. The van der Waals surface area contributed by atoms with Crippen molar-refractivity contribution in [3.8, 4) is 11.5 Å².